The molecule has 0 atom stereocenters. The number of hydrogen-bond acceptors (Lipinski definition) is 3. The third kappa shape index (κ3) is 3.16. The molecule has 2 rings (SSSR count). The van der Waals surface area contributed by atoms with Gasteiger partial charge in [-0.25, -0.2) is 13.6 Å². The Labute approximate surface area is 120 Å². The monoisotopic (exact) mass is 346 g/mol. The van der Waals surface area contributed by atoms with Gasteiger partial charge in [-0.15, -0.1) is 0 Å². The Bertz CT molecular complexity index is 624. The van der Waals surface area contributed by atoms with Gasteiger partial charge in [0.15, 0.2) is 0 Å². The lowest BCUT2D eigenvalue weighted by molar-refractivity contribution is 0.0916. The number of aryl methyl sites for hydroxylation is 1. The van der Waals surface area contributed by atoms with Crippen LogP contribution in [0.5, 0.6) is 0 Å². The van der Waals surface area contributed by atoms with E-state index in [-0.39, 0.29) is 16.8 Å². The van der Waals surface area contributed by atoms with Crippen molar-refractivity contribution in [2.24, 2.45) is 5.14 Å². The molecular weight excluding hydrogens is 332 g/mol. The molecule has 1 amide bonds. The molecule has 7 heteroatoms. The van der Waals surface area contributed by atoms with E-state index in [1.54, 1.807) is 13.0 Å². The van der Waals surface area contributed by atoms with Crippen molar-refractivity contribution in [2.75, 3.05) is 0 Å². The first-order valence-electron chi connectivity index (χ1n) is 5.93. The van der Waals surface area contributed by atoms with Crippen molar-refractivity contribution < 1.29 is 13.2 Å². The minimum atomic E-state index is -3.86. The van der Waals surface area contributed by atoms with E-state index in [2.05, 4.69) is 21.2 Å². The first kappa shape index (κ1) is 14.5. The van der Waals surface area contributed by atoms with E-state index in [1.165, 1.54) is 6.07 Å². The fourth-order valence-corrected chi connectivity index (χ4v) is 3.50. The van der Waals surface area contributed by atoms with Gasteiger partial charge in [-0.2, -0.15) is 0 Å². The summed E-state index contributed by atoms with van der Waals surface area (Å²) in [6, 6.07) is 3.15. The van der Waals surface area contributed by atoms with Gasteiger partial charge in [0.1, 0.15) is 0 Å². The highest BCUT2D eigenvalue weighted by Crippen LogP contribution is 2.27. The summed E-state index contributed by atoms with van der Waals surface area (Å²) >= 11 is 3.18. The van der Waals surface area contributed by atoms with Gasteiger partial charge in [0.05, 0.1) is 4.90 Å². The zero-order valence-electron chi connectivity index (χ0n) is 10.4. The molecule has 0 bridgehead atoms. The van der Waals surface area contributed by atoms with E-state index in [4.69, 9.17) is 5.14 Å². The Balaban J connectivity index is 2.36. The number of rotatable bonds is 3. The number of amides is 1. The van der Waals surface area contributed by atoms with Crippen LogP contribution < -0.4 is 10.5 Å². The van der Waals surface area contributed by atoms with Gasteiger partial charge in [0.25, 0.3) is 5.91 Å². The summed E-state index contributed by atoms with van der Waals surface area (Å²) in [7, 11) is -3.86. The van der Waals surface area contributed by atoms with Crippen LogP contribution >= 0.6 is 15.9 Å². The van der Waals surface area contributed by atoms with E-state index in [0.29, 0.717) is 15.6 Å². The van der Waals surface area contributed by atoms with Crippen molar-refractivity contribution in [3.05, 3.63) is 27.7 Å². The Morgan fingerprint density at radius 1 is 1.42 bits per heavy atom. The lowest BCUT2D eigenvalue weighted by atomic mass is 9.93. The van der Waals surface area contributed by atoms with Crippen molar-refractivity contribution in [2.45, 2.75) is 37.1 Å². The molecule has 1 aromatic carbocycles. The van der Waals surface area contributed by atoms with Gasteiger partial charge in [-0.1, -0.05) is 0 Å². The molecule has 0 radical (unpaired) electrons. The maximum absolute atomic E-state index is 12.0. The minimum Gasteiger partial charge on any atom is -0.349 e. The number of halogens is 1. The molecule has 0 heterocycles. The van der Waals surface area contributed by atoms with E-state index in [0.717, 1.165) is 19.3 Å². The summed E-state index contributed by atoms with van der Waals surface area (Å²) in [6.45, 7) is 1.72. The van der Waals surface area contributed by atoms with E-state index >= 15 is 0 Å². The van der Waals surface area contributed by atoms with Crippen LogP contribution in [0.2, 0.25) is 0 Å². The predicted octanol–water partition coefficient (Wildman–Crippen LogP) is 1.69. The number of nitrogens with two attached hydrogens (primary N) is 1. The SMILES string of the molecule is Cc1cc(C(=O)NC2CCC2)cc(S(N)(=O)=O)c1Br. The smallest absolute Gasteiger partial charge is 0.251 e. The molecule has 1 saturated carbocycles. The molecule has 1 aliphatic carbocycles. The topological polar surface area (TPSA) is 89.3 Å². The molecule has 104 valence electrons. The first-order chi connectivity index (χ1) is 8.79. The normalized spacial score (nSPS) is 15.9. The lowest BCUT2D eigenvalue weighted by Gasteiger charge is -2.26. The van der Waals surface area contributed by atoms with Crippen molar-refractivity contribution in [3.8, 4) is 0 Å². The molecule has 1 aromatic rings. The fourth-order valence-electron chi connectivity index (χ4n) is 1.90. The van der Waals surface area contributed by atoms with Gasteiger partial charge < -0.3 is 5.32 Å². The van der Waals surface area contributed by atoms with Crippen LogP contribution in [0, 0.1) is 6.92 Å². The predicted molar refractivity (Wildman–Crippen MR) is 75.4 cm³/mol. The number of carbonyl (C=O) groups is 1. The number of primary sulfonamides is 1. The second-order valence-electron chi connectivity index (χ2n) is 4.75. The number of sulfonamides is 1. The zero-order valence-corrected chi connectivity index (χ0v) is 12.8. The third-order valence-electron chi connectivity index (χ3n) is 3.23. The summed E-state index contributed by atoms with van der Waals surface area (Å²) in [4.78, 5) is 12.0. The quantitative estimate of drug-likeness (QED) is 0.872. The highest BCUT2D eigenvalue weighted by Gasteiger charge is 2.22. The summed E-state index contributed by atoms with van der Waals surface area (Å²) in [6.07, 6.45) is 3.07. The van der Waals surface area contributed by atoms with Crippen molar-refractivity contribution in [1.29, 1.82) is 0 Å². The molecule has 3 N–H and O–H groups in total. The maximum Gasteiger partial charge on any atom is 0.251 e. The van der Waals surface area contributed by atoms with E-state index in [9.17, 15) is 13.2 Å². The molecule has 0 aromatic heterocycles. The standard InChI is InChI=1S/C12H15BrN2O3S/c1-7-5-8(12(16)15-9-3-2-4-9)6-10(11(7)13)19(14,17)18/h5-6,9H,2-4H2,1H3,(H,15,16)(H2,14,17,18). The van der Waals surface area contributed by atoms with E-state index < -0.39 is 10.0 Å². The Kier molecular flexibility index (Phi) is 3.98. The highest BCUT2D eigenvalue weighted by atomic mass is 79.9. The summed E-state index contributed by atoms with van der Waals surface area (Å²) in [5, 5.41) is 8.01. The largest absolute Gasteiger partial charge is 0.349 e. The van der Waals surface area contributed by atoms with Crippen LogP contribution in [0.1, 0.15) is 35.2 Å². The number of benzene rings is 1. The maximum atomic E-state index is 12.0. The first-order valence-corrected chi connectivity index (χ1v) is 8.27. The fraction of sp³-hybridized carbons (Fsp3) is 0.417. The number of hydrogen-bond donors (Lipinski definition) is 2. The third-order valence-corrected chi connectivity index (χ3v) is 5.48. The van der Waals surface area contributed by atoms with Gasteiger partial charge in [0, 0.05) is 16.1 Å². The van der Waals surface area contributed by atoms with Crippen LogP contribution in [0.25, 0.3) is 0 Å². The minimum absolute atomic E-state index is 0.0636. The van der Waals surface area contributed by atoms with Crippen LogP contribution in [0.15, 0.2) is 21.5 Å². The van der Waals surface area contributed by atoms with Gasteiger partial charge in [-0.3, -0.25) is 4.79 Å². The van der Waals surface area contributed by atoms with Crippen molar-refractivity contribution in [1.82, 2.24) is 5.32 Å². The van der Waals surface area contributed by atoms with Crippen molar-refractivity contribution in [3.63, 3.8) is 0 Å². The average molecular weight is 347 g/mol. The van der Waals surface area contributed by atoms with Gasteiger partial charge in [-0.05, 0) is 59.8 Å². The van der Waals surface area contributed by atoms with Crippen LogP contribution in [0.4, 0.5) is 0 Å². The summed E-state index contributed by atoms with van der Waals surface area (Å²) in [5.74, 6) is -0.259. The molecule has 0 aliphatic heterocycles. The molecule has 1 aliphatic rings. The van der Waals surface area contributed by atoms with Crippen LogP contribution in [-0.2, 0) is 10.0 Å². The molecule has 1 fully saturated rings. The summed E-state index contributed by atoms with van der Waals surface area (Å²) < 4.78 is 23.4. The van der Waals surface area contributed by atoms with E-state index in [1.807, 2.05) is 0 Å². The lowest BCUT2D eigenvalue weighted by Crippen LogP contribution is -2.39. The Hall–Kier alpha value is -0.920. The molecule has 0 spiro atoms. The second-order valence-corrected chi connectivity index (χ2v) is 7.07. The highest BCUT2D eigenvalue weighted by molar-refractivity contribution is 9.10. The average Bonchev–Trinajstić information content (AvgIpc) is 2.25. The number of nitrogens with one attached hydrogen (secondary N) is 1. The molecule has 19 heavy (non-hydrogen) atoms. The zero-order chi connectivity index (χ0) is 14.2. The van der Waals surface area contributed by atoms with Gasteiger partial charge in [0.2, 0.25) is 10.0 Å². The Morgan fingerprint density at radius 3 is 2.53 bits per heavy atom. The van der Waals surface area contributed by atoms with Crippen LogP contribution in [0.3, 0.4) is 0 Å². The van der Waals surface area contributed by atoms with Crippen LogP contribution in [-0.4, -0.2) is 20.4 Å². The molecular formula is C12H15BrN2O3S. The second kappa shape index (κ2) is 5.22. The van der Waals surface area contributed by atoms with Crippen molar-refractivity contribution >= 4 is 31.9 Å². The molecule has 0 saturated heterocycles. The number of carbonyl (C=O) groups excluding carboxylic acids is 1. The van der Waals surface area contributed by atoms with Gasteiger partial charge >= 0.3 is 0 Å². The molecule has 0 unspecified atom stereocenters. The Morgan fingerprint density at radius 2 is 2.05 bits per heavy atom. The molecule has 5 nitrogen and oxygen atoms in total. The summed E-state index contributed by atoms with van der Waals surface area (Å²) in [5.41, 5.74) is 0.974.